The van der Waals surface area contributed by atoms with Gasteiger partial charge in [-0.15, -0.1) is 0 Å². The van der Waals surface area contributed by atoms with Crippen LogP contribution in [0.15, 0.2) is 85.1 Å². The number of allylic oxidation sites excluding steroid dienone is 2. The van der Waals surface area contributed by atoms with Gasteiger partial charge in [-0.2, -0.15) is 10.4 Å². The number of aryl methyl sites for hydroxylation is 1. The summed E-state index contributed by atoms with van der Waals surface area (Å²) in [5.74, 6) is 1.19. The standard InChI is InChI=1S/C32H36N6O2/c1-22-11-14-25(15-12-22)38-30(19-29(37-38)32(3,4)5)36-31(39)35-28-18-17-26(10-8-6-7-9-23(28)2)40-27-16-13-24(20-33)34-21-27/h6-9,11-16,19,21,26,28H,2,10,17-18H2,1,3-5H3,(H2,35,36,39)/b8-6-,9-7-/t26-,28-/m0/s1. The predicted molar refractivity (Wildman–Crippen MR) is 158 cm³/mol. The number of ether oxygens (including phenoxy) is 1. The van der Waals surface area contributed by atoms with Crippen molar-refractivity contribution >= 4 is 11.8 Å². The first kappa shape index (κ1) is 28.4. The van der Waals surface area contributed by atoms with Crippen LogP contribution in [0.4, 0.5) is 10.6 Å². The molecule has 0 fully saturated rings. The summed E-state index contributed by atoms with van der Waals surface area (Å²) >= 11 is 0. The molecule has 2 heterocycles. The van der Waals surface area contributed by atoms with E-state index in [-0.39, 0.29) is 23.6 Å². The van der Waals surface area contributed by atoms with E-state index >= 15 is 0 Å². The number of urea groups is 1. The third-order valence-corrected chi connectivity index (χ3v) is 6.64. The normalized spacial score (nSPS) is 19.2. The summed E-state index contributed by atoms with van der Waals surface area (Å²) in [5, 5.41) is 19.9. The van der Waals surface area contributed by atoms with Crippen molar-refractivity contribution in [2.45, 2.75) is 64.5 Å². The van der Waals surface area contributed by atoms with Gasteiger partial charge in [0.1, 0.15) is 29.4 Å². The Morgan fingerprint density at radius 3 is 2.60 bits per heavy atom. The number of hydrogen-bond donors (Lipinski definition) is 2. The van der Waals surface area contributed by atoms with Crippen LogP contribution in [0, 0.1) is 18.3 Å². The van der Waals surface area contributed by atoms with Gasteiger partial charge in [0.25, 0.3) is 0 Å². The predicted octanol–water partition coefficient (Wildman–Crippen LogP) is 6.54. The number of pyridine rings is 1. The second-order valence-corrected chi connectivity index (χ2v) is 11.0. The number of aromatic nitrogens is 3. The highest BCUT2D eigenvalue weighted by molar-refractivity contribution is 5.89. The highest BCUT2D eigenvalue weighted by Gasteiger charge is 2.23. The van der Waals surface area contributed by atoms with E-state index in [4.69, 9.17) is 15.1 Å². The Bertz CT molecular complexity index is 1440. The quantitative estimate of drug-likeness (QED) is 0.385. The minimum atomic E-state index is -0.338. The lowest BCUT2D eigenvalue weighted by molar-refractivity contribution is 0.186. The lowest BCUT2D eigenvalue weighted by Crippen LogP contribution is -2.40. The molecule has 0 spiro atoms. The van der Waals surface area contributed by atoms with E-state index in [1.807, 2.05) is 67.6 Å². The summed E-state index contributed by atoms with van der Waals surface area (Å²) in [6.45, 7) is 12.5. The molecular weight excluding hydrogens is 500 g/mol. The molecule has 0 unspecified atom stereocenters. The number of benzene rings is 1. The van der Waals surface area contributed by atoms with E-state index in [9.17, 15) is 4.79 Å². The van der Waals surface area contributed by atoms with Crippen LogP contribution in [0.1, 0.15) is 57.0 Å². The van der Waals surface area contributed by atoms with Crippen molar-refractivity contribution in [2.75, 3.05) is 5.32 Å². The molecule has 2 amide bonds. The fraction of sp³-hybridized carbons (Fsp3) is 0.312. The Balaban J connectivity index is 1.49. The fourth-order valence-corrected chi connectivity index (χ4v) is 4.27. The number of carbonyl (C=O) groups is 1. The van der Waals surface area contributed by atoms with E-state index in [0.29, 0.717) is 36.5 Å². The lowest BCUT2D eigenvalue weighted by Gasteiger charge is -2.24. The Morgan fingerprint density at radius 2 is 1.93 bits per heavy atom. The molecule has 2 aromatic heterocycles. The van der Waals surface area contributed by atoms with Gasteiger partial charge in [-0.3, -0.25) is 5.32 Å². The van der Waals surface area contributed by atoms with Gasteiger partial charge in [0.15, 0.2) is 0 Å². The van der Waals surface area contributed by atoms with Crippen LogP contribution in [0.2, 0.25) is 0 Å². The molecule has 0 aliphatic heterocycles. The minimum absolute atomic E-state index is 0.130. The molecule has 8 heteroatoms. The van der Waals surface area contributed by atoms with Gasteiger partial charge in [-0.1, -0.05) is 69.4 Å². The average molecular weight is 537 g/mol. The van der Waals surface area contributed by atoms with Crippen LogP contribution < -0.4 is 15.4 Å². The van der Waals surface area contributed by atoms with E-state index < -0.39 is 0 Å². The van der Waals surface area contributed by atoms with E-state index in [0.717, 1.165) is 22.5 Å². The topological polar surface area (TPSA) is 105 Å². The van der Waals surface area contributed by atoms with Crippen LogP contribution in [-0.4, -0.2) is 32.9 Å². The molecule has 2 atom stereocenters. The third-order valence-electron chi connectivity index (χ3n) is 6.64. The molecule has 1 aliphatic rings. The van der Waals surface area contributed by atoms with Gasteiger partial charge < -0.3 is 10.1 Å². The first-order valence-corrected chi connectivity index (χ1v) is 13.4. The van der Waals surface area contributed by atoms with E-state index in [1.165, 1.54) is 0 Å². The monoisotopic (exact) mass is 536 g/mol. The van der Waals surface area contributed by atoms with Crippen LogP contribution in [0.25, 0.3) is 5.69 Å². The number of nitrogens with one attached hydrogen (secondary N) is 2. The first-order chi connectivity index (χ1) is 19.1. The molecule has 0 saturated carbocycles. The van der Waals surface area contributed by atoms with Gasteiger partial charge >= 0.3 is 6.03 Å². The molecule has 3 aromatic rings. The van der Waals surface area contributed by atoms with E-state index in [2.05, 4.69) is 43.0 Å². The van der Waals surface area contributed by atoms with Crippen LogP contribution in [0.5, 0.6) is 5.75 Å². The maximum Gasteiger partial charge on any atom is 0.320 e. The summed E-state index contributed by atoms with van der Waals surface area (Å²) in [5.41, 5.74) is 3.83. The Hall–Kier alpha value is -4.64. The summed E-state index contributed by atoms with van der Waals surface area (Å²) in [4.78, 5) is 17.4. The number of carbonyl (C=O) groups excluding carboxylic acids is 1. The molecule has 206 valence electrons. The molecule has 1 aromatic carbocycles. The molecule has 2 N–H and O–H groups in total. The zero-order valence-corrected chi connectivity index (χ0v) is 23.5. The van der Waals surface area contributed by atoms with Crippen molar-refractivity contribution in [1.82, 2.24) is 20.1 Å². The Morgan fingerprint density at radius 1 is 1.15 bits per heavy atom. The van der Waals surface area contributed by atoms with Crippen molar-refractivity contribution in [1.29, 1.82) is 5.26 Å². The van der Waals surface area contributed by atoms with Crippen LogP contribution >= 0.6 is 0 Å². The molecule has 0 bridgehead atoms. The second-order valence-electron chi connectivity index (χ2n) is 11.0. The molecule has 8 nitrogen and oxygen atoms in total. The van der Waals surface area contributed by atoms with Crippen molar-refractivity contribution in [2.24, 2.45) is 0 Å². The Labute approximate surface area is 236 Å². The van der Waals surface area contributed by atoms with Crippen molar-refractivity contribution < 1.29 is 9.53 Å². The number of amides is 2. The fourth-order valence-electron chi connectivity index (χ4n) is 4.27. The number of nitriles is 1. The minimum Gasteiger partial charge on any atom is -0.488 e. The molecule has 0 saturated heterocycles. The van der Waals surface area contributed by atoms with Crippen LogP contribution in [0.3, 0.4) is 0 Å². The molecule has 0 radical (unpaired) electrons. The maximum absolute atomic E-state index is 13.3. The van der Waals surface area contributed by atoms with Gasteiger partial charge in [0.05, 0.1) is 23.6 Å². The molecular formula is C32H36N6O2. The second kappa shape index (κ2) is 12.5. The zero-order valence-electron chi connectivity index (χ0n) is 23.5. The van der Waals surface area contributed by atoms with Gasteiger partial charge in [0.2, 0.25) is 0 Å². The largest absolute Gasteiger partial charge is 0.488 e. The molecule has 40 heavy (non-hydrogen) atoms. The van der Waals surface area contributed by atoms with Gasteiger partial charge in [-0.25, -0.2) is 14.5 Å². The average Bonchev–Trinajstić information content (AvgIpc) is 3.35. The zero-order chi connectivity index (χ0) is 28.7. The maximum atomic E-state index is 13.3. The summed E-state index contributed by atoms with van der Waals surface area (Å²) < 4.78 is 7.93. The molecule has 4 rings (SSSR count). The number of hydrogen-bond acceptors (Lipinski definition) is 5. The number of rotatable bonds is 5. The Kier molecular flexibility index (Phi) is 8.85. The van der Waals surface area contributed by atoms with Crippen molar-refractivity contribution in [3.8, 4) is 17.5 Å². The highest BCUT2D eigenvalue weighted by atomic mass is 16.5. The van der Waals surface area contributed by atoms with Crippen molar-refractivity contribution in [3.63, 3.8) is 0 Å². The smallest absolute Gasteiger partial charge is 0.320 e. The van der Waals surface area contributed by atoms with Gasteiger partial charge in [-0.05, 0) is 49.6 Å². The molecule has 1 aliphatic carbocycles. The van der Waals surface area contributed by atoms with E-state index in [1.54, 1.807) is 23.0 Å². The first-order valence-electron chi connectivity index (χ1n) is 13.4. The third kappa shape index (κ3) is 7.48. The SMILES string of the molecule is C=C1/C=C\C=C/C[C@H](Oc2ccc(C#N)nc2)CC[C@@H]1NC(=O)Nc1cc(C(C)(C)C)nn1-c1ccc(C)cc1. The van der Waals surface area contributed by atoms with Crippen LogP contribution in [-0.2, 0) is 5.41 Å². The summed E-state index contributed by atoms with van der Waals surface area (Å²) in [7, 11) is 0. The van der Waals surface area contributed by atoms with Crippen molar-refractivity contribution in [3.05, 3.63) is 102 Å². The number of anilines is 1. The van der Waals surface area contributed by atoms with Gasteiger partial charge in [0, 0.05) is 17.9 Å². The highest BCUT2D eigenvalue weighted by Crippen LogP contribution is 2.27. The lowest BCUT2D eigenvalue weighted by atomic mass is 9.92. The summed E-state index contributed by atoms with van der Waals surface area (Å²) in [6.07, 6.45) is 11.3. The number of nitrogens with zero attached hydrogens (tertiary/aromatic N) is 4. The summed E-state index contributed by atoms with van der Waals surface area (Å²) in [6, 6.07) is 14.7.